The molecule has 0 unspecified atom stereocenters. The Morgan fingerprint density at radius 3 is 3.08 bits per heavy atom. The molecule has 0 spiro atoms. The Hall–Kier alpha value is -1.92. The summed E-state index contributed by atoms with van der Waals surface area (Å²) >= 11 is 0. The summed E-state index contributed by atoms with van der Waals surface area (Å²) in [6.45, 7) is 0.666. The largest absolute Gasteiger partial charge is 0.368 e. The van der Waals surface area contributed by atoms with Gasteiger partial charge < -0.3 is 10.3 Å². The maximum absolute atomic E-state index is 5.35. The molecule has 0 aliphatic rings. The first-order valence-electron chi connectivity index (χ1n) is 3.76. The Morgan fingerprint density at radius 1 is 1.54 bits per heavy atom. The lowest BCUT2D eigenvalue weighted by Crippen LogP contribution is -2.02. The van der Waals surface area contributed by atoms with Crippen molar-refractivity contribution in [3.8, 4) is 0 Å². The first kappa shape index (κ1) is 7.71. The number of anilines is 1. The fourth-order valence-electron chi connectivity index (χ4n) is 0.958. The zero-order valence-corrected chi connectivity index (χ0v) is 6.79. The molecular weight excluding hydrogens is 172 g/mol. The van der Waals surface area contributed by atoms with Gasteiger partial charge in [0.15, 0.2) is 0 Å². The summed E-state index contributed by atoms with van der Waals surface area (Å²) in [5, 5.41) is 14.4. The van der Waals surface area contributed by atoms with Crippen LogP contribution in [0.1, 0.15) is 5.69 Å². The highest BCUT2D eigenvalue weighted by Crippen LogP contribution is 2.05. The average molecular weight is 180 g/mol. The van der Waals surface area contributed by atoms with Crippen LogP contribution in [0.3, 0.4) is 0 Å². The van der Waals surface area contributed by atoms with Crippen molar-refractivity contribution < 1.29 is 4.52 Å². The molecule has 0 saturated heterocycles. The van der Waals surface area contributed by atoms with Gasteiger partial charge in [-0.15, -0.1) is 5.10 Å². The van der Waals surface area contributed by atoms with E-state index in [0.29, 0.717) is 18.8 Å². The van der Waals surface area contributed by atoms with Crippen LogP contribution in [0.15, 0.2) is 16.9 Å². The number of aryl methyl sites for hydroxylation is 2. The lowest BCUT2D eigenvalue weighted by molar-refractivity contribution is 0.423. The summed E-state index contributed by atoms with van der Waals surface area (Å²) in [6.07, 6.45) is 2.25. The molecule has 0 fully saturated rings. The molecule has 2 N–H and O–H groups in total. The highest BCUT2D eigenvalue weighted by atomic mass is 16.5. The Labute approximate surface area is 73.5 Å². The summed E-state index contributed by atoms with van der Waals surface area (Å²) < 4.78 is 6.32. The molecule has 0 aliphatic carbocycles. The van der Waals surface area contributed by atoms with Crippen molar-refractivity contribution in [2.24, 2.45) is 0 Å². The number of nitrogen functional groups attached to an aromatic ring is 1. The van der Waals surface area contributed by atoms with Gasteiger partial charge in [-0.3, -0.25) is 0 Å². The second-order valence-corrected chi connectivity index (χ2v) is 2.54. The summed E-state index contributed by atoms with van der Waals surface area (Å²) in [7, 11) is 0. The standard InChI is InChI=1S/C6H8N6O/c7-6-3-5(9-13-6)1-2-12-4-8-10-11-12/h3-4H,1-2,7H2. The first-order valence-corrected chi connectivity index (χ1v) is 3.76. The quantitative estimate of drug-likeness (QED) is 0.683. The molecule has 2 heterocycles. The van der Waals surface area contributed by atoms with Crippen LogP contribution in [0.5, 0.6) is 0 Å². The number of nitrogens with two attached hydrogens (primary N) is 1. The summed E-state index contributed by atoms with van der Waals surface area (Å²) in [5.74, 6) is 0.326. The van der Waals surface area contributed by atoms with Crippen molar-refractivity contribution in [2.45, 2.75) is 13.0 Å². The third kappa shape index (κ3) is 1.81. The number of tetrazole rings is 1. The van der Waals surface area contributed by atoms with Crippen LogP contribution < -0.4 is 5.73 Å². The van der Waals surface area contributed by atoms with Crippen molar-refractivity contribution in [2.75, 3.05) is 5.73 Å². The third-order valence-corrected chi connectivity index (χ3v) is 1.57. The zero-order chi connectivity index (χ0) is 9.10. The fourth-order valence-corrected chi connectivity index (χ4v) is 0.958. The number of hydrogen-bond donors (Lipinski definition) is 1. The normalized spacial score (nSPS) is 10.5. The highest BCUT2D eigenvalue weighted by molar-refractivity contribution is 5.24. The monoisotopic (exact) mass is 180 g/mol. The van der Waals surface area contributed by atoms with Gasteiger partial charge in [0.1, 0.15) is 6.33 Å². The highest BCUT2D eigenvalue weighted by Gasteiger charge is 2.01. The molecule has 0 amide bonds. The van der Waals surface area contributed by atoms with E-state index < -0.39 is 0 Å². The van der Waals surface area contributed by atoms with Gasteiger partial charge in [0.2, 0.25) is 5.88 Å². The van der Waals surface area contributed by atoms with Crippen molar-refractivity contribution in [1.29, 1.82) is 0 Å². The van der Waals surface area contributed by atoms with Crippen LogP contribution in [-0.4, -0.2) is 25.4 Å². The Bertz CT molecular complexity index is 366. The van der Waals surface area contributed by atoms with E-state index >= 15 is 0 Å². The molecule has 2 aromatic rings. The van der Waals surface area contributed by atoms with Crippen LogP contribution in [0.25, 0.3) is 0 Å². The summed E-state index contributed by atoms with van der Waals surface area (Å²) in [6, 6.07) is 1.68. The third-order valence-electron chi connectivity index (χ3n) is 1.57. The van der Waals surface area contributed by atoms with E-state index in [1.54, 1.807) is 17.1 Å². The molecule has 0 atom stereocenters. The molecule has 7 nitrogen and oxygen atoms in total. The van der Waals surface area contributed by atoms with Crippen LogP contribution in [0.2, 0.25) is 0 Å². The summed E-state index contributed by atoms with van der Waals surface area (Å²) in [5.41, 5.74) is 6.15. The lowest BCUT2D eigenvalue weighted by atomic mass is 10.3. The van der Waals surface area contributed by atoms with Crippen molar-refractivity contribution in [1.82, 2.24) is 25.4 Å². The van der Waals surface area contributed by atoms with Crippen molar-refractivity contribution >= 4 is 5.88 Å². The van der Waals surface area contributed by atoms with E-state index in [1.165, 1.54) is 0 Å². The number of rotatable bonds is 3. The van der Waals surface area contributed by atoms with Gasteiger partial charge in [0.25, 0.3) is 0 Å². The lowest BCUT2D eigenvalue weighted by Gasteiger charge is -1.93. The Balaban J connectivity index is 1.93. The van der Waals surface area contributed by atoms with Gasteiger partial charge in [-0.25, -0.2) is 4.68 Å². The van der Waals surface area contributed by atoms with E-state index in [9.17, 15) is 0 Å². The molecule has 0 saturated carbocycles. The molecule has 68 valence electrons. The van der Waals surface area contributed by atoms with Crippen molar-refractivity contribution in [3.63, 3.8) is 0 Å². The fraction of sp³-hybridized carbons (Fsp3) is 0.333. The smallest absolute Gasteiger partial charge is 0.222 e. The van der Waals surface area contributed by atoms with E-state index in [2.05, 4.69) is 20.7 Å². The van der Waals surface area contributed by atoms with Gasteiger partial charge >= 0.3 is 0 Å². The molecule has 0 aromatic carbocycles. The predicted octanol–water partition coefficient (Wildman–Crippen LogP) is -0.514. The number of aromatic nitrogens is 5. The minimum Gasteiger partial charge on any atom is -0.368 e. The minimum atomic E-state index is 0.326. The van der Waals surface area contributed by atoms with Gasteiger partial charge in [-0.1, -0.05) is 5.16 Å². The van der Waals surface area contributed by atoms with Gasteiger partial charge in [-0.05, 0) is 10.4 Å². The second kappa shape index (κ2) is 3.21. The maximum atomic E-state index is 5.35. The molecule has 0 radical (unpaired) electrons. The van der Waals surface area contributed by atoms with Crippen LogP contribution in [-0.2, 0) is 13.0 Å². The topological polar surface area (TPSA) is 95.7 Å². The molecule has 0 aliphatic heterocycles. The molecule has 7 heteroatoms. The molecular formula is C6H8N6O. The van der Waals surface area contributed by atoms with Gasteiger partial charge in [-0.2, -0.15) is 0 Å². The Kier molecular flexibility index (Phi) is 1.91. The molecule has 13 heavy (non-hydrogen) atoms. The van der Waals surface area contributed by atoms with Crippen LogP contribution in [0.4, 0.5) is 5.88 Å². The molecule has 2 rings (SSSR count). The summed E-state index contributed by atoms with van der Waals surface area (Å²) in [4.78, 5) is 0. The number of nitrogens with zero attached hydrogens (tertiary/aromatic N) is 5. The van der Waals surface area contributed by atoms with Gasteiger partial charge in [0.05, 0.1) is 12.2 Å². The zero-order valence-electron chi connectivity index (χ0n) is 6.79. The van der Waals surface area contributed by atoms with E-state index in [4.69, 9.17) is 10.3 Å². The van der Waals surface area contributed by atoms with E-state index in [1.807, 2.05) is 0 Å². The number of hydrogen-bond acceptors (Lipinski definition) is 6. The Morgan fingerprint density at radius 2 is 2.46 bits per heavy atom. The second-order valence-electron chi connectivity index (χ2n) is 2.54. The first-order chi connectivity index (χ1) is 6.34. The molecule has 0 bridgehead atoms. The van der Waals surface area contributed by atoms with Gasteiger partial charge in [0, 0.05) is 12.5 Å². The van der Waals surface area contributed by atoms with Crippen LogP contribution >= 0.6 is 0 Å². The minimum absolute atomic E-state index is 0.326. The predicted molar refractivity (Wildman–Crippen MR) is 42.4 cm³/mol. The van der Waals surface area contributed by atoms with E-state index in [0.717, 1.165) is 5.69 Å². The maximum Gasteiger partial charge on any atom is 0.222 e. The molecule has 2 aromatic heterocycles. The average Bonchev–Trinajstić information content (AvgIpc) is 2.71. The van der Waals surface area contributed by atoms with Crippen molar-refractivity contribution in [3.05, 3.63) is 18.1 Å². The van der Waals surface area contributed by atoms with E-state index in [-0.39, 0.29) is 0 Å². The SMILES string of the molecule is Nc1cc(CCn2cnnn2)no1. The van der Waals surface area contributed by atoms with Crippen LogP contribution in [0, 0.1) is 0 Å².